The van der Waals surface area contributed by atoms with Crippen molar-refractivity contribution < 1.29 is 0 Å². The van der Waals surface area contributed by atoms with Gasteiger partial charge in [0.15, 0.2) is 0 Å². The monoisotopic (exact) mass is 995 g/mol. The van der Waals surface area contributed by atoms with E-state index in [2.05, 4.69) is 292 Å². The van der Waals surface area contributed by atoms with E-state index >= 15 is 0 Å². The third kappa shape index (κ3) is 6.86. The fourth-order valence-corrected chi connectivity index (χ4v) is 14.3. The molecule has 0 bridgehead atoms. The average molecular weight is 995 g/mol. The Kier molecular flexibility index (Phi) is 10.1. The van der Waals surface area contributed by atoms with Crippen LogP contribution < -0.4 is 10.2 Å². The molecule has 0 saturated heterocycles. The molecule has 0 atom stereocenters. The third-order valence-corrected chi connectivity index (χ3v) is 18.9. The first-order chi connectivity index (χ1) is 36.9. The Bertz CT molecular complexity index is 4090. The Labute approximate surface area is 456 Å². The van der Waals surface area contributed by atoms with Crippen molar-refractivity contribution in [1.29, 1.82) is 0 Å². The second-order valence-corrected chi connectivity index (χ2v) is 25.1. The predicted octanol–water partition coefficient (Wildman–Crippen LogP) is 20.1. The van der Waals surface area contributed by atoms with Crippen LogP contribution >= 0.6 is 0 Å². The summed E-state index contributed by atoms with van der Waals surface area (Å²) in [7, 11) is 0. The van der Waals surface area contributed by atoms with Gasteiger partial charge in [-0.25, -0.2) is 0 Å². The molecule has 2 heteroatoms. The third-order valence-electron chi connectivity index (χ3n) is 18.9. The average Bonchev–Trinajstić information content (AvgIpc) is 4.17. The van der Waals surface area contributed by atoms with Crippen molar-refractivity contribution in [2.75, 3.05) is 10.2 Å². The molecular formula is C75H66N2. The van der Waals surface area contributed by atoms with Gasteiger partial charge in [-0.3, -0.25) is 0 Å². The van der Waals surface area contributed by atoms with Crippen LogP contribution in [0.25, 0.3) is 55.6 Å². The van der Waals surface area contributed by atoms with Crippen molar-refractivity contribution in [2.24, 2.45) is 0 Å². The molecule has 0 amide bonds. The molecule has 1 heterocycles. The zero-order valence-corrected chi connectivity index (χ0v) is 46.2. The zero-order chi connectivity index (χ0) is 53.0. The highest BCUT2D eigenvalue weighted by Crippen LogP contribution is 2.59. The van der Waals surface area contributed by atoms with Crippen LogP contribution in [0.5, 0.6) is 0 Å². The van der Waals surface area contributed by atoms with Gasteiger partial charge >= 0.3 is 0 Å². The SMILES string of the molecule is CC(C)(c1ccc2c(c1)C(C)(C)c1cc(-c3ccc4c(c3)C(C)(C)c3cc(-c5ccc6c(c5)C(C)(C)c5cc7c(cc5-6)C(C)(C)c5ccccc5N7c5ccccc5)ccc3-4)ccc1-2)c1ccccc1Nc1ccccc1. The van der Waals surface area contributed by atoms with E-state index in [0.29, 0.717) is 0 Å². The lowest BCUT2D eigenvalue weighted by atomic mass is 9.72. The molecule has 4 aliphatic rings. The highest BCUT2D eigenvalue weighted by atomic mass is 15.2. The van der Waals surface area contributed by atoms with Gasteiger partial charge in [-0.1, -0.05) is 209 Å². The summed E-state index contributed by atoms with van der Waals surface area (Å²) in [6.45, 7) is 24.0. The van der Waals surface area contributed by atoms with Crippen molar-refractivity contribution in [1.82, 2.24) is 0 Å². The molecule has 14 rings (SSSR count). The first kappa shape index (κ1) is 47.3. The number of nitrogens with one attached hydrogen (secondary N) is 1. The number of fused-ring (bicyclic) bond motifs is 11. The second kappa shape index (κ2) is 16.4. The van der Waals surface area contributed by atoms with Gasteiger partial charge in [-0.05, 0) is 184 Å². The van der Waals surface area contributed by atoms with E-state index in [-0.39, 0.29) is 27.1 Å². The molecule has 0 saturated carbocycles. The summed E-state index contributed by atoms with van der Waals surface area (Å²) in [5.74, 6) is 0. The molecule has 1 N–H and O–H groups in total. The number of hydrogen-bond donors (Lipinski definition) is 1. The molecule has 0 aromatic heterocycles. The fourth-order valence-electron chi connectivity index (χ4n) is 14.3. The van der Waals surface area contributed by atoms with E-state index in [4.69, 9.17) is 0 Å². The molecule has 77 heavy (non-hydrogen) atoms. The lowest BCUT2D eigenvalue weighted by Crippen LogP contribution is -2.31. The van der Waals surface area contributed by atoms with E-state index in [1.807, 2.05) is 0 Å². The van der Waals surface area contributed by atoms with Crippen LogP contribution in [0.1, 0.15) is 125 Å². The number of nitrogens with zero attached hydrogens (tertiary/aromatic N) is 1. The van der Waals surface area contributed by atoms with Crippen molar-refractivity contribution in [2.45, 2.75) is 96.3 Å². The summed E-state index contributed by atoms with van der Waals surface area (Å²) in [5, 5.41) is 3.71. The van der Waals surface area contributed by atoms with Gasteiger partial charge in [-0.2, -0.15) is 0 Å². The Morgan fingerprint density at radius 2 is 0.740 bits per heavy atom. The summed E-state index contributed by atoms with van der Waals surface area (Å²) in [6.07, 6.45) is 0. The largest absolute Gasteiger partial charge is 0.355 e. The molecule has 1 aliphatic heterocycles. The van der Waals surface area contributed by atoms with Crippen molar-refractivity contribution in [3.63, 3.8) is 0 Å². The molecule has 0 radical (unpaired) electrons. The summed E-state index contributed by atoms with van der Waals surface area (Å²) in [6, 6.07) is 80.4. The molecule has 0 fully saturated rings. The van der Waals surface area contributed by atoms with Gasteiger partial charge < -0.3 is 10.2 Å². The maximum atomic E-state index is 3.71. The van der Waals surface area contributed by atoms with Crippen LogP contribution in [0.2, 0.25) is 0 Å². The van der Waals surface area contributed by atoms with E-state index < -0.39 is 0 Å². The number of anilines is 5. The zero-order valence-electron chi connectivity index (χ0n) is 46.2. The Morgan fingerprint density at radius 3 is 1.29 bits per heavy atom. The summed E-state index contributed by atoms with van der Waals surface area (Å²) in [5.41, 5.74) is 31.8. The first-order valence-electron chi connectivity index (χ1n) is 27.7. The van der Waals surface area contributed by atoms with Crippen molar-refractivity contribution in [3.05, 3.63) is 268 Å². The molecule has 376 valence electrons. The van der Waals surface area contributed by atoms with Gasteiger partial charge in [0.05, 0.1) is 11.4 Å². The maximum Gasteiger partial charge on any atom is 0.0506 e. The minimum Gasteiger partial charge on any atom is -0.355 e. The summed E-state index contributed by atoms with van der Waals surface area (Å²) >= 11 is 0. The molecule has 10 aromatic carbocycles. The van der Waals surface area contributed by atoms with E-state index in [1.54, 1.807) is 0 Å². The highest BCUT2D eigenvalue weighted by molar-refractivity contribution is 5.93. The maximum absolute atomic E-state index is 3.71. The first-order valence-corrected chi connectivity index (χ1v) is 27.7. The van der Waals surface area contributed by atoms with Gasteiger partial charge in [-0.15, -0.1) is 0 Å². The standard InChI is InChI=1S/C75H66N2/c1-71(2,59-25-17-19-27-68(59)76-51-21-13-11-14-22-51)50-33-38-56-55-36-31-48(41-63(55)74(7,8)65(56)43-50)46-29-34-53-54-35-30-47(40-62(54)73(5,6)61(53)39-46)49-32-37-57-58-44-67-70(45-66(58)75(9,10)64(57)42-49)77(52-23-15-12-16-24-52)69-28-20-18-26-60(69)72(67,3)4/h11-45,76H,1-10H3. The fraction of sp³-hybridized carbons (Fsp3) is 0.200. The van der Waals surface area contributed by atoms with Crippen LogP contribution in [0.4, 0.5) is 28.4 Å². The Hall–Kier alpha value is -8.20. The second-order valence-electron chi connectivity index (χ2n) is 25.1. The van der Waals surface area contributed by atoms with Gasteiger partial charge in [0.2, 0.25) is 0 Å². The van der Waals surface area contributed by atoms with Crippen LogP contribution in [-0.4, -0.2) is 0 Å². The summed E-state index contributed by atoms with van der Waals surface area (Å²) < 4.78 is 0. The van der Waals surface area contributed by atoms with Crippen LogP contribution in [0.15, 0.2) is 212 Å². The number of benzene rings is 10. The molecular weight excluding hydrogens is 929 g/mol. The van der Waals surface area contributed by atoms with E-state index in [1.165, 1.54) is 128 Å². The smallest absolute Gasteiger partial charge is 0.0506 e. The van der Waals surface area contributed by atoms with Gasteiger partial charge in [0.1, 0.15) is 0 Å². The summed E-state index contributed by atoms with van der Waals surface area (Å²) in [4.78, 5) is 2.49. The highest BCUT2D eigenvalue weighted by Gasteiger charge is 2.44. The normalized spacial score (nSPS) is 16.1. The Morgan fingerprint density at radius 1 is 0.325 bits per heavy atom. The molecule has 10 aromatic rings. The lowest BCUT2D eigenvalue weighted by Gasteiger charge is -2.42. The minimum absolute atomic E-state index is 0.167. The molecule has 0 spiro atoms. The number of rotatable bonds is 7. The van der Waals surface area contributed by atoms with Crippen molar-refractivity contribution >= 4 is 28.4 Å². The van der Waals surface area contributed by atoms with Crippen LogP contribution in [0, 0.1) is 0 Å². The Balaban J connectivity index is 0.765. The number of hydrogen-bond acceptors (Lipinski definition) is 2. The van der Waals surface area contributed by atoms with Crippen LogP contribution in [0.3, 0.4) is 0 Å². The predicted molar refractivity (Wildman–Crippen MR) is 325 cm³/mol. The topological polar surface area (TPSA) is 15.3 Å². The van der Waals surface area contributed by atoms with Crippen molar-refractivity contribution in [3.8, 4) is 55.6 Å². The molecule has 2 nitrogen and oxygen atoms in total. The van der Waals surface area contributed by atoms with Gasteiger partial charge in [0, 0.05) is 44.1 Å². The lowest BCUT2D eigenvalue weighted by molar-refractivity contribution is 0.627. The molecule has 0 unspecified atom stereocenters. The minimum atomic E-state index is -0.234. The van der Waals surface area contributed by atoms with E-state index in [9.17, 15) is 0 Å². The van der Waals surface area contributed by atoms with Crippen LogP contribution in [-0.2, 0) is 27.1 Å². The van der Waals surface area contributed by atoms with E-state index in [0.717, 1.165) is 11.4 Å². The quantitative estimate of drug-likeness (QED) is 0.171. The number of para-hydroxylation sites is 4. The van der Waals surface area contributed by atoms with Gasteiger partial charge in [0.25, 0.3) is 0 Å². The molecule has 3 aliphatic carbocycles.